The van der Waals surface area contributed by atoms with Crippen molar-refractivity contribution in [3.05, 3.63) is 0 Å². The zero-order valence-electron chi connectivity index (χ0n) is 9.49. The summed E-state index contributed by atoms with van der Waals surface area (Å²) in [6.45, 7) is 0.0812. The smallest absolute Gasteiger partial charge is 0.318 e. The van der Waals surface area contributed by atoms with Gasteiger partial charge in [-0.05, 0) is 0 Å². The number of nitrogens with zero attached hydrogens (tertiary/aromatic N) is 1. The first-order valence-electron chi connectivity index (χ1n) is 5.52. The lowest BCUT2D eigenvalue weighted by Gasteiger charge is -2.34. The van der Waals surface area contributed by atoms with Crippen LogP contribution in [0.3, 0.4) is 0 Å². The minimum atomic E-state index is -3.10. The number of hydroxylamine groups is 1. The van der Waals surface area contributed by atoms with E-state index in [1.165, 1.54) is 0 Å². The number of nitrogens with two attached hydrogens (primary N) is 1. The van der Waals surface area contributed by atoms with Gasteiger partial charge in [0.25, 0.3) is 11.8 Å². The highest BCUT2D eigenvalue weighted by Crippen LogP contribution is 2.35. The number of nitrogens with one attached hydrogen (secondary N) is 2. The lowest BCUT2D eigenvalue weighted by atomic mass is 9.96. The van der Waals surface area contributed by atoms with Crippen molar-refractivity contribution in [1.82, 2.24) is 15.7 Å². The molecule has 18 heavy (non-hydrogen) atoms. The molecule has 0 radical (unpaired) electrons. The molecular formula is C9H14F2N4O3. The quantitative estimate of drug-likeness (QED) is 0.438. The highest BCUT2D eigenvalue weighted by molar-refractivity contribution is 5.88. The summed E-state index contributed by atoms with van der Waals surface area (Å²) in [6.07, 6.45) is -0.714. The number of amides is 3. The van der Waals surface area contributed by atoms with E-state index in [1.54, 1.807) is 0 Å². The van der Waals surface area contributed by atoms with Gasteiger partial charge in [-0.15, -0.1) is 0 Å². The van der Waals surface area contributed by atoms with Crippen LogP contribution in [-0.4, -0.2) is 54.5 Å². The number of hydrogen-bond acceptors (Lipinski definition) is 4. The van der Waals surface area contributed by atoms with Crippen molar-refractivity contribution in [3.8, 4) is 0 Å². The second-order valence-electron chi connectivity index (χ2n) is 4.24. The van der Waals surface area contributed by atoms with E-state index >= 15 is 0 Å². The first kappa shape index (κ1) is 13.0. The fraction of sp³-hybridized carbons (Fsp3) is 0.778. The van der Waals surface area contributed by atoms with E-state index in [9.17, 15) is 18.4 Å². The monoisotopic (exact) mass is 264 g/mol. The second kappa shape index (κ2) is 4.65. The molecule has 0 spiro atoms. The summed E-state index contributed by atoms with van der Waals surface area (Å²) in [7, 11) is 0. The lowest BCUT2D eigenvalue weighted by molar-refractivity contribution is -0.145. The van der Waals surface area contributed by atoms with Gasteiger partial charge in [0.05, 0.1) is 6.61 Å². The Morgan fingerprint density at radius 3 is 3.06 bits per heavy atom. The van der Waals surface area contributed by atoms with Crippen LogP contribution in [0.15, 0.2) is 0 Å². The van der Waals surface area contributed by atoms with Crippen molar-refractivity contribution >= 4 is 11.9 Å². The highest BCUT2D eigenvalue weighted by Gasteiger charge is 2.56. The first-order chi connectivity index (χ1) is 8.45. The third kappa shape index (κ3) is 2.23. The second-order valence-corrected chi connectivity index (χ2v) is 4.24. The standard InChI is InChI=1S/C9H14F2N4O3/c10-9(11)3-5(7(16)14-18-2-1-12)15-4-6(9)13-8(15)17/h5-6H,1-4,12H2,(H,13,17)(H,14,16). The molecule has 9 heteroatoms. The first-order valence-corrected chi connectivity index (χ1v) is 5.52. The molecule has 0 aromatic heterocycles. The Labute approximate surface area is 102 Å². The van der Waals surface area contributed by atoms with Crippen molar-refractivity contribution < 1.29 is 23.2 Å². The van der Waals surface area contributed by atoms with E-state index in [4.69, 9.17) is 5.73 Å². The predicted molar refractivity (Wildman–Crippen MR) is 55.5 cm³/mol. The Kier molecular flexibility index (Phi) is 3.35. The van der Waals surface area contributed by atoms with Crippen molar-refractivity contribution in [1.29, 1.82) is 0 Å². The molecule has 2 saturated heterocycles. The van der Waals surface area contributed by atoms with Crippen LogP contribution < -0.4 is 16.5 Å². The molecule has 0 saturated carbocycles. The molecule has 4 N–H and O–H groups in total. The fourth-order valence-corrected chi connectivity index (χ4v) is 2.06. The average Bonchev–Trinajstić information content (AvgIpc) is 2.65. The van der Waals surface area contributed by atoms with Crippen LogP contribution in [0.5, 0.6) is 0 Å². The van der Waals surface area contributed by atoms with Gasteiger partial charge >= 0.3 is 6.03 Å². The normalized spacial score (nSPS) is 29.1. The van der Waals surface area contributed by atoms with Crippen LogP contribution in [0, 0.1) is 0 Å². The molecule has 7 nitrogen and oxygen atoms in total. The Hall–Kier alpha value is -1.48. The molecule has 2 aliphatic rings. The number of urea groups is 1. The Morgan fingerprint density at radius 2 is 2.39 bits per heavy atom. The zero-order valence-corrected chi connectivity index (χ0v) is 9.49. The van der Waals surface area contributed by atoms with Crippen LogP contribution in [0.25, 0.3) is 0 Å². The maximum atomic E-state index is 13.6. The summed E-state index contributed by atoms with van der Waals surface area (Å²) in [5, 5.41) is 2.15. The van der Waals surface area contributed by atoms with Gasteiger partial charge in [-0.1, -0.05) is 0 Å². The van der Waals surface area contributed by atoms with Gasteiger partial charge in [0, 0.05) is 19.5 Å². The summed E-state index contributed by atoms with van der Waals surface area (Å²) < 4.78 is 27.2. The molecule has 2 heterocycles. The number of carbonyl (C=O) groups excluding carboxylic acids is 2. The minimum Gasteiger partial charge on any atom is -0.328 e. The molecule has 0 aromatic carbocycles. The fourth-order valence-electron chi connectivity index (χ4n) is 2.06. The van der Waals surface area contributed by atoms with Crippen LogP contribution >= 0.6 is 0 Å². The van der Waals surface area contributed by atoms with Gasteiger partial charge in [0.15, 0.2) is 0 Å². The Morgan fingerprint density at radius 1 is 1.67 bits per heavy atom. The molecule has 2 aliphatic heterocycles. The van der Waals surface area contributed by atoms with E-state index in [2.05, 4.69) is 10.2 Å². The number of rotatable bonds is 4. The summed E-state index contributed by atoms with van der Waals surface area (Å²) in [5.41, 5.74) is 7.17. The van der Waals surface area contributed by atoms with Crippen molar-refractivity contribution in [2.75, 3.05) is 19.7 Å². The predicted octanol–water partition coefficient (Wildman–Crippen LogP) is -1.21. The van der Waals surface area contributed by atoms with E-state index < -0.39 is 36.4 Å². The molecule has 2 bridgehead atoms. The molecule has 0 aromatic rings. The van der Waals surface area contributed by atoms with Crippen molar-refractivity contribution in [2.24, 2.45) is 5.73 Å². The zero-order chi connectivity index (χ0) is 13.3. The third-order valence-corrected chi connectivity index (χ3v) is 2.98. The number of piperidine rings is 1. The Bertz CT molecular complexity index is 366. The Balaban J connectivity index is 2.03. The highest BCUT2D eigenvalue weighted by atomic mass is 19.3. The van der Waals surface area contributed by atoms with Gasteiger partial charge < -0.3 is 16.0 Å². The number of alkyl halides is 2. The SMILES string of the molecule is NCCONC(=O)C1CC(F)(F)C2CN1C(=O)N2. The molecule has 2 fully saturated rings. The molecule has 3 amide bonds. The maximum absolute atomic E-state index is 13.6. The third-order valence-electron chi connectivity index (χ3n) is 2.98. The average molecular weight is 264 g/mol. The number of hydrogen-bond donors (Lipinski definition) is 3. The van der Waals surface area contributed by atoms with Crippen molar-refractivity contribution in [3.63, 3.8) is 0 Å². The number of fused-ring (bicyclic) bond motifs is 2. The van der Waals surface area contributed by atoms with Gasteiger partial charge in [-0.2, -0.15) is 0 Å². The van der Waals surface area contributed by atoms with Gasteiger partial charge in [-0.3, -0.25) is 9.63 Å². The number of carbonyl (C=O) groups is 2. The molecule has 102 valence electrons. The van der Waals surface area contributed by atoms with Gasteiger partial charge in [0.2, 0.25) is 0 Å². The van der Waals surface area contributed by atoms with E-state index in [0.717, 1.165) is 4.90 Å². The summed E-state index contributed by atoms with van der Waals surface area (Å²) >= 11 is 0. The summed E-state index contributed by atoms with van der Waals surface area (Å²) in [4.78, 5) is 28.9. The van der Waals surface area contributed by atoms with E-state index in [1.807, 2.05) is 5.48 Å². The molecular weight excluding hydrogens is 250 g/mol. The number of halogens is 2. The van der Waals surface area contributed by atoms with E-state index in [-0.39, 0.29) is 19.7 Å². The molecule has 2 unspecified atom stereocenters. The van der Waals surface area contributed by atoms with Crippen LogP contribution in [-0.2, 0) is 9.63 Å². The van der Waals surface area contributed by atoms with E-state index in [0.29, 0.717) is 0 Å². The van der Waals surface area contributed by atoms with Crippen LogP contribution in [0.4, 0.5) is 13.6 Å². The molecule has 0 aliphatic carbocycles. The van der Waals surface area contributed by atoms with Crippen LogP contribution in [0.2, 0.25) is 0 Å². The summed E-state index contributed by atoms with van der Waals surface area (Å²) in [6, 6.07) is -3.10. The lowest BCUT2D eigenvalue weighted by Crippen LogP contribution is -2.56. The maximum Gasteiger partial charge on any atom is 0.318 e. The summed E-state index contributed by atoms with van der Waals surface area (Å²) in [5.74, 6) is -3.86. The minimum absolute atomic E-state index is 0.0731. The van der Waals surface area contributed by atoms with Gasteiger partial charge in [0.1, 0.15) is 12.1 Å². The van der Waals surface area contributed by atoms with Crippen LogP contribution in [0.1, 0.15) is 6.42 Å². The molecule has 2 rings (SSSR count). The largest absolute Gasteiger partial charge is 0.328 e. The topological polar surface area (TPSA) is 96.7 Å². The van der Waals surface area contributed by atoms with Gasteiger partial charge in [-0.25, -0.2) is 19.1 Å². The van der Waals surface area contributed by atoms with Crippen molar-refractivity contribution in [2.45, 2.75) is 24.4 Å². The molecule has 2 atom stereocenters.